The zero-order valence-electron chi connectivity index (χ0n) is 11.2. The van der Waals surface area contributed by atoms with Crippen LogP contribution in [-0.4, -0.2) is 26.3 Å². The molecular formula is C15H16ClNO2S. The van der Waals surface area contributed by atoms with Gasteiger partial charge in [0.1, 0.15) is 0 Å². The summed E-state index contributed by atoms with van der Waals surface area (Å²) in [7, 11) is -1.86. The van der Waals surface area contributed by atoms with Gasteiger partial charge in [-0.1, -0.05) is 41.9 Å². The Balaban J connectivity index is 2.08. The molecule has 0 aromatic heterocycles. The first-order chi connectivity index (χ1) is 9.50. The highest BCUT2D eigenvalue weighted by Crippen LogP contribution is 2.17. The van der Waals surface area contributed by atoms with Crippen LogP contribution < -0.4 is 0 Å². The topological polar surface area (TPSA) is 37.4 Å². The molecule has 0 atom stereocenters. The predicted octanol–water partition coefficient (Wildman–Crippen LogP) is 3.20. The van der Waals surface area contributed by atoms with Gasteiger partial charge in [-0.05, 0) is 36.2 Å². The molecule has 0 aliphatic rings. The minimum atomic E-state index is -3.45. The summed E-state index contributed by atoms with van der Waals surface area (Å²) in [5, 5.41) is 0.524. The van der Waals surface area contributed by atoms with Gasteiger partial charge in [0.15, 0.2) is 0 Å². The van der Waals surface area contributed by atoms with E-state index in [0.717, 1.165) is 5.56 Å². The van der Waals surface area contributed by atoms with E-state index in [1.807, 2.05) is 30.3 Å². The van der Waals surface area contributed by atoms with Crippen molar-refractivity contribution in [1.29, 1.82) is 0 Å². The van der Waals surface area contributed by atoms with Crippen LogP contribution in [0.25, 0.3) is 0 Å². The molecule has 0 bridgehead atoms. The van der Waals surface area contributed by atoms with Crippen molar-refractivity contribution < 1.29 is 8.42 Å². The monoisotopic (exact) mass is 309 g/mol. The number of rotatable bonds is 5. The fourth-order valence-corrected chi connectivity index (χ4v) is 3.14. The third-order valence-electron chi connectivity index (χ3n) is 3.08. The summed E-state index contributed by atoms with van der Waals surface area (Å²) in [5.41, 5.74) is 1.12. The van der Waals surface area contributed by atoms with E-state index >= 15 is 0 Å². The van der Waals surface area contributed by atoms with Gasteiger partial charge < -0.3 is 0 Å². The second kappa shape index (κ2) is 6.39. The summed E-state index contributed by atoms with van der Waals surface area (Å²) in [6.45, 7) is 0.439. The fourth-order valence-electron chi connectivity index (χ4n) is 1.84. The van der Waals surface area contributed by atoms with Gasteiger partial charge in [-0.3, -0.25) is 0 Å². The number of hydrogen-bond acceptors (Lipinski definition) is 2. The molecule has 0 spiro atoms. The first-order valence-corrected chi connectivity index (χ1v) is 8.08. The molecule has 5 heteroatoms. The van der Waals surface area contributed by atoms with E-state index in [0.29, 0.717) is 18.0 Å². The van der Waals surface area contributed by atoms with Gasteiger partial charge in [0, 0.05) is 18.6 Å². The highest BCUT2D eigenvalue weighted by molar-refractivity contribution is 7.89. The molecule has 0 radical (unpaired) electrons. The predicted molar refractivity (Wildman–Crippen MR) is 81.4 cm³/mol. The first kappa shape index (κ1) is 15.0. The molecule has 106 valence electrons. The average molecular weight is 310 g/mol. The SMILES string of the molecule is CN(CCc1ccccc1)S(=O)(=O)c1ccc(Cl)cc1. The summed E-state index contributed by atoms with van der Waals surface area (Å²) in [4.78, 5) is 0.262. The third-order valence-corrected chi connectivity index (χ3v) is 5.20. The normalized spacial score (nSPS) is 11.8. The molecule has 2 aromatic carbocycles. The Kier molecular flexibility index (Phi) is 4.81. The van der Waals surface area contributed by atoms with Gasteiger partial charge in [-0.15, -0.1) is 0 Å². The maximum atomic E-state index is 12.3. The third kappa shape index (κ3) is 3.60. The van der Waals surface area contributed by atoms with Gasteiger partial charge in [0.05, 0.1) is 4.90 Å². The van der Waals surface area contributed by atoms with Crippen LogP contribution in [0.2, 0.25) is 5.02 Å². The second-order valence-corrected chi connectivity index (χ2v) is 7.00. The number of nitrogens with zero attached hydrogens (tertiary/aromatic N) is 1. The van der Waals surface area contributed by atoms with Gasteiger partial charge in [-0.2, -0.15) is 0 Å². The van der Waals surface area contributed by atoms with Crippen molar-refractivity contribution in [2.75, 3.05) is 13.6 Å². The molecule has 0 unspecified atom stereocenters. The Hall–Kier alpha value is -1.36. The maximum absolute atomic E-state index is 12.3. The zero-order chi connectivity index (χ0) is 14.6. The summed E-state index contributed by atoms with van der Waals surface area (Å²) < 4.78 is 26.1. The summed E-state index contributed by atoms with van der Waals surface area (Å²) >= 11 is 5.77. The molecule has 2 aromatic rings. The number of benzene rings is 2. The van der Waals surface area contributed by atoms with Gasteiger partial charge in [0.25, 0.3) is 0 Å². The fraction of sp³-hybridized carbons (Fsp3) is 0.200. The van der Waals surface area contributed by atoms with E-state index in [1.54, 1.807) is 19.2 Å². The summed E-state index contributed by atoms with van der Waals surface area (Å²) in [6, 6.07) is 16.0. The van der Waals surface area contributed by atoms with Crippen LogP contribution in [0.4, 0.5) is 0 Å². The molecule has 0 aliphatic heterocycles. The van der Waals surface area contributed by atoms with Crippen molar-refractivity contribution in [3.63, 3.8) is 0 Å². The zero-order valence-corrected chi connectivity index (χ0v) is 12.7. The Morgan fingerprint density at radius 3 is 2.20 bits per heavy atom. The van der Waals surface area contributed by atoms with Crippen molar-refractivity contribution in [3.8, 4) is 0 Å². The van der Waals surface area contributed by atoms with Crippen LogP contribution >= 0.6 is 11.6 Å². The summed E-state index contributed by atoms with van der Waals surface area (Å²) in [5.74, 6) is 0. The van der Waals surface area contributed by atoms with E-state index in [1.165, 1.54) is 16.4 Å². The van der Waals surface area contributed by atoms with E-state index < -0.39 is 10.0 Å². The van der Waals surface area contributed by atoms with E-state index in [9.17, 15) is 8.42 Å². The Labute approximate surface area is 124 Å². The molecule has 0 saturated carbocycles. The highest BCUT2D eigenvalue weighted by Gasteiger charge is 2.20. The van der Waals surface area contributed by atoms with E-state index in [4.69, 9.17) is 11.6 Å². The van der Waals surface area contributed by atoms with Crippen LogP contribution in [0, 0.1) is 0 Å². The van der Waals surface area contributed by atoms with Crippen LogP contribution in [0.3, 0.4) is 0 Å². The van der Waals surface area contributed by atoms with E-state index in [2.05, 4.69) is 0 Å². The number of sulfonamides is 1. The number of likely N-dealkylation sites (N-methyl/N-ethyl adjacent to an activating group) is 1. The minimum absolute atomic E-state index is 0.262. The van der Waals surface area contributed by atoms with Crippen molar-refractivity contribution in [3.05, 3.63) is 65.2 Å². The van der Waals surface area contributed by atoms with Gasteiger partial charge in [-0.25, -0.2) is 12.7 Å². The number of halogens is 1. The maximum Gasteiger partial charge on any atom is 0.242 e. The second-order valence-electron chi connectivity index (χ2n) is 4.52. The molecule has 0 aliphatic carbocycles. The number of hydrogen-bond donors (Lipinski definition) is 0. The summed E-state index contributed by atoms with van der Waals surface area (Å²) in [6.07, 6.45) is 0.685. The van der Waals surface area contributed by atoms with Crippen molar-refractivity contribution in [2.24, 2.45) is 0 Å². The molecule has 3 nitrogen and oxygen atoms in total. The van der Waals surface area contributed by atoms with Crippen molar-refractivity contribution >= 4 is 21.6 Å². The lowest BCUT2D eigenvalue weighted by Gasteiger charge is -2.17. The van der Waals surface area contributed by atoms with Crippen LogP contribution in [0.15, 0.2) is 59.5 Å². The van der Waals surface area contributed by atoms with Crippen molar-refractivity contribution in [1.82, 2.24) is 4.31 Å². The molecule has 2 rings (SSSR count). The first-order valence-electron chi connectivity index (χ1n) is 6.26. The molecule has 0 fully saturated rings. The Morgan fingerprint density at radius 2 is 1.60 bits per heavy atom. The molecule has 0 saturated heterocycles. The smallest absolute Gasteiger partial charge is 0.207 e. The largest absolute Gasteiger partial charge is 0.242 e. The van der Waals surface area contributed by atoms with Crippen LogP contribution in [0.5, 0.6) is 0 Å². The Morgan fingerprint density at radius 1 is 1.00 bits per heavy atom. The minimum Gasteiger partial charge on any atom is -0.207 e. The average Bonchev–Trinajstić information content (AvgIpc) is 2.46. The lowest BCUT2D eigenvalue weighted by atomic mass is 10.2. The van der Waals surface area contributed by atoms with Gasteiger partial charge in [0.2, 0.25) is 10.0 Å². The molecular weight excluding hydrogens is 294 g/mol. The van der Waals surface area contributed by atoms with E-state index in [-0.39, 0.29) is 4.90 Å². The molecule has 20 heavy (non-hydrogen) atoms. The molecule has 0 heterocycles. The standard InChI is InChI=1S/C15H16ClNO2S/c1-17(12-11-13-5-3-2-4-6-13)20(18,19)15-9-7-14(16)8-10-15/h2-10H,11-12H2,1H3. The quantitative estimate of drug-likeness (QED) is 0.850. The van der Waals surface area contributed by atoms with Crippen molar-refractivity contribution in [2.45, 2.75) is 11.3 Å². The molecule has 0 N–H and O–H groups in total. The molecule has 0 amide bonds. The van der Waals surface area contributed by atoms with Crippen LogP contribution in [-0.2, 0) is 16.4 Å². The van der Waals surface area contributed by atoms with Crippen LogP contribution in [0.1, 0.15) is 5.56 Å². The van der Waals surface area contributed by atoms with Gasteiger partial charge >= 0.3 is 0 Å². The highest BCUT2D eigenvalue weighted by atomic mass is 35.5. The lowest BCUT2D eigenvalue weighted by Crippen LogP contribution is -2.29. The Bertz CT molecular complexity index is 654. The lowest BCUT2D eigenvalue weighted by molar-refractivity contribution is 0.472.